The molecule has 0 spiro atoms. The number of aryl methyl sites for hydroxylation is 2. The van der Waals surface area contributed by atoms with Crippen LogP contribution in [0.15, 0.2) is 66.4 Å². The lowest BCUT2D eigenvalue weighted by Crippen LogP contribution is -2.29. The minimum Gasteiger partial charge on any atom is -0.507 e. The van der Waals surface area contributed by atoms with Gasteiger partial charge in [0.15, 0.2) is 0 Å². The largest absolute Gasteiger partial charge is 0.507 e. The molecule has 1 unspecified atom stereocenters. The number of methoxy groups -OCH3 is 1. The predicted molar refractivity (Wildman–Crippen MR) is 141 cm³/mol. The molecule has 2 heterocycles. The molecule has 1 aliphatic heterocycles. The molecule has 7 heteroatoms. The maximum absolute atomic E-state index is 13.5. The van der Waals surface area contributed by atoms with Crippen molar-refractivity contribution in [2.45, 2.75) is 40.3 Å². The summed E-state index contributed by atoms with van der Waals surface area (Å²) in [5.74, 6) is -0.327. The molecule has 1 aliphatic rings. The lowest BCUT2D eigenvalue weighted by molar-refractivity contribution is -0.140. The number of amides is 1. The highest BCUT2D eigenvalue weighted by Crippen LogP contribution is 2.43. The Balaban J connectivity index is 1.90. The summed E-state index contributed by atoms with van der Waals surface area (Å²) in [5, 5.41) is 11.6. The fraction of sp³-hybridized carbons (Fsp3) is 0.300. The van der Waals surface area contributed by atoms with Gasteiger partial charge in [-0.2, -0.15) is 0 Å². The van der Waals surface area contributed by atoms with E-state index in [1.807, 2.05) is 50.2 Å². The van der Waals surface area contributed by atoms with E-state index in [1.165, 1.54) is 12.0 Å². The van der Waals surface area contributed by atoms with Crippen LogP contribution in [0.2, 0.25) is 0 Å². The second-order valence-corrected chi connectivity index (χ2v) is 9.69. The Labute approximate surface area is 217 Å². The lowest BCUT2D eigenvalue weighted by Gasteiger charge is -2.26. The number of carbonyl (C=O) groups excluding carboxylic acids is 2. The lowest BCUT2D eigenvalue weighted by atomic mass is 9.93. The third-order valence-electron chi connectivity index (χ3n) is 6.23. The summed E-state index contributed by atoms with van der Waals surface area (Å²) in [6, 6.07) is 15.6. The SMILES string of the molecule is COc1c(C)cc(C)cc1/C(O)=C1\C(=O)C(=O)N(Cc2ccccn2)C1c1cccc(OCC(C)C)c1. The van der Waals surface area contributed by atoms with E-state index < -0.39 is 17.7 Å². The van der Waals surface area contributed by atoms with Crippen molar-refractivity contribution in [1.29, 1.82) is 0 Å². The number of aliphatic hydroxyl groups excluding tert-OH is 1. The van der Waals surface area contributed by atoms with E-state index in [2.05, 4.69) is 18.8 Å². The van der Waals surface area contributed by atoms with Crippen molar-refractivity contribution < 1.29 is 24.2 Å². The summed E-state index contributed by atoms with van der Waals surface area (Å²) >= 11 is 0. The summed E-state index contributed by atoms with van der Waals surface area (Å²) in [6.07, 6.45) is 1.64. The first-order valence-electron chi connectivity index (χ1n) is 12.3. The topological polar surface area (TPSA) is 89.0 Å². The van der Waals surface area contributed by atoms with E-state index in [-0.39, 0.29) is 17.9 Å². The molecule has 0 radical (unpaired) electrons. The number of pyridine rings is 1. The maximum Gasteiger partial charge on any atom is 0.296 e. The number of benzene rings is 2. The van der Waals surface area contributed by atoms with E-state index >= 15 is 0 Å². The van der Waals surface area contributed by atoms with E-state index in [0.717, 1.165) is 11.1 Å². The van der Waals surface area contributed by atoms with Gasteiger partial charge in [0.25, 0.3) is 11.7 Å². The molecule has 1 saturated heterocycles. The average Bonchev–Trinajstić information content (AvgIpc) is 3.12. The summed E-state index contributed by atoms with van der Waals surface area (Å²) in [6.45, 7) is 8.52. The Hall–Kier alpha value is -4.13. The number of likely N-dealkylation sites (tertiary alicyclic amines) is 1. The van der Waals surface area contributed by atoms with Gasteiger partial charge in [-0.25, -0.2) is 0 Å². The zero-order valence-corrected chi connectivity index (χ0v) is 21.8. The summed E-state index contributed by atoms with van der Waals surface area (Å²) in [5.41, 5.74) is 3.36. The van der Waals surface area contributed by atoms with Crippen molar-refractivity contribution in [3.05, 3.63) is 94.3 Å². The number of rotatable bonds is 8. The first-order valence-corrected chi connectivity index (χ1v) is 12.3. The normalized spacial score (nSPS) is 16.9. The van der Waals surface area contributed by atoms with Crippen molar-refractivity contribution in [3.63, 3.8) is 0 Å². The van der Waals surface area contributed by atoms with Crippen molar-refractivity contribution in [2.75, 3.05) is 13.7 Å². The van der Waals surface area contributed by atoms with Crippen LogP contribution < -0.4 is 9.47 Å². The van der Waals surface area contributed by atoms with Gasteiger partial charge in [-0.1, -0.05) is 38.1 Å². The standard InChI is InChI=1S/C30H32N2O5/c1-18(2)17-37-23-11-8-9-21(15-23)26-25(27(33)24-14-19(3)13-20(4)29(24)36-5)28(34)30(35)32(26)16-22-10-6-7-12-31-22/h6-15,18,26,33H,16-17H2,1-5H3/b27-25+. The summed E-state index contributed by atoms with van der Waals surface area (Å²) < 4.78 is 11.5. The van der Waals surface area contributed by atoms with E-state index in [0.29, 0.717) is 40.8 Å². The van der Waals surface area contributed by atoms with Gasteiger partial charge in [-0.3, -0.25) is 14.6 Å². The zero-order chi connectivity index (χ0) is 26.7. The van der Waals surface area contributed by atoms with E-state index in [4.69, 9.17) is 9.47 Å². The molecule has 1 amide bonds. The summed E-state index contributed by atoms with van der Waals surface area (Å²) in [4.78, 5) is 32.6. The van der Waals surface area contributed by atoms with Gasteiger partial charge < -0.3 is 19.5 Å². The van der Waals surface area contributed by atoms with Crippen molar-refractivity contribution >= 4 is 17.4 Å². The molecule has 7 nitrogen and oxygen atoms in total. The fourth-order valence-electron chi connectivity index (χ4n) is 4.64. The van der Waals surface area contributed by atoms with Crippen molar-refractivity contribution in [2.24, 2.45) is 5.92 Å². The van der Waals surface area contributed by atoms with Crippen LogP contribution in [-0.2, 0) is 16.1 Å². The molecular weight excluding hydrogens is 468 g/mol. The van der Waals surface area contributed by atoms with E-state index in [1.54, 1.807) is 24.4 Å². The number of ketones is 1. The molecular formula is C30H32N2O5. The number of carbonyl (C=O) groups is 2. The van der Waals surface area contributed by atoms with Crippen LogP contribution >= 0.6 is 0 Å². The van der Waals surface area contributed by atoms with Crippen LogP contribution in [0.4, 0.5) is 0 Å². The first kappa shape index (κ1) is 25.9. The van der Waals surface area contributed by atoms with Gasteiger partial charge in [-0.05, 0) is 66.8 Å². The number of nitrogens with zero attached hydrogens (tertiary/aromatic N) is 2. The third-order valence-corrected chi connectivity index (χ3v) is 6.23. The molecule has 1 aromatic heterocycles. The van der Waals surface area contributed by atoms with Gasteiger partial charge >= 0.3 is 0 Å². The smallest absolute Gasteiger partial charge is 0.296 e. The number of hydrogen-bond acceptors (Lipinski definition) is 6. The minimum absolute atomic E-state index is 0.00485. The molecule has 1 N–H and O–H groups in total. The predicted octanol–water partition coefficient (Wildman–Crippen LogP) is 5.36. The van der Waals surface area contributed by atoms with Crippen molar-refractivity contribution in [1.82, 2.24) is 9.88 Å². The zero-order valence-electron chi connectivity index (χ0n) is 21.8. The van der Waals surface area contributed by atoms with Gasteiger partial charge in [0, 0.05) is 6.20 Å². The number of hydrogen-bond donors (Lipinski definition) is 1. The highest BCUT2D eigenvalue weighted by Gasteiger charge is 2.46. The van der Waals surface area contributed by atoms with Gasteiger partial charge in [-0.15, -0.1) is 0 Å². The minimum atomic E-state index is -0.838. The molecule has 4 rings (SSSR count). The van der Waals surface area contributed by atoms with Crippen LogP contribution in [0.3, 0.4) is 0 Å². The number of Topliss-reactive ketones (excluding diaryl/α,β-unsaturated/α-hetero) is 1. The number of aliphatic hydroxyl groups is 1. The molecule has 2 aromatic carbocycles. The highest BCUT2D eigenvalue weighted by molar-refractivity contribution is 6.46. The van der Waals surface area contributed by atoms with Crippen LogP contribution in [0.25, 0.3) is 5.76 Å². The molecule has 37 heavy (non-hydrogen) atoms. The molecule has 1 atom stereocenters. The summed E-state index contributed by atoms with van der Waals surface area (Å²) in [7, 11) is 1.52. The molecule has 0 bridgehead atoms. The monoisotopic (exact) mass is 500 g/mol. The molecule has 192 valence electrons. The van der Waals surface area contributed by atoms with Gasteiger partial charge in [0.05, 0.1) is 43.1 Å². The van der Waals surface area contributed by atoms with Gasteiger partial charge in [0.2, 0.25) is 0 Å². The number of aromatic nitrogens is 1. The Morgan fingerprint density at radius 2 is 1.86 bits per heavy atom. The molecule has 1 fully saturated rings. The van der Waals surface area contributed by atoms with E-state index in [9.17, 15) is 14.7 Å². The Bertz CT molecular complexity index is 1350. The van der Waals surface area contributed by atoms with Crippen molar-refractivity contribution in [3.8, 4) is 11.5 Å². The second-order valence-electron chi connectivity index (χ2n) is 9.69. The highest BCUT2D eigenvalue weighted by atomic mass is 16.5. The molecule has 0 saturated carbocycles. The fourth-order valence-corrected chi connectivity index (χ4v) is 4.64. The Kier molecular flexibility index (Phi) is 7.62. The van der Waals surface area contributed by atoms with Crippen LogP contribution in [-0.4, -0.2) is 40.4 Å². The second kappa shape index (κ2) is 10.9. The number of ether oxygens (including phenoxy) is 2. The average molecular weight is 501 g/mol. The maximum atomic E-state index is 13.5. The van der Waals surface area contributed by atoms with Gasteiger partial charge in [0.1, 0.15) is 17.3 Å². The quantitative estimate of drug-likeness (QED) is 0.254. The Morgan fingerprint density at radius 3 is 2.54 bits per heavy atom. The third kappa shape index (κ3) is 5.35. The first-order chi connectivity index (χ1) is 17.7. The Morgan fingerprint density at radius 1 is 1.08 bits per heavy atom. The van der Waals surface area contributed by atoms with Crippen LogP contribution in [0, 0.1) is 19.8 Å². The molecule has 0 aliphatic carbocycles. The van der Waals surface area contributed by atoms with Crippen LogP contribution in [0.5, 0.6) is 11.5 Å². The van der Waals surface area contributed by atoms with Crippen LogP contribution in [0.1, 0.15) is 47.8 Å². The molecule has 3 aromatic rings.